The number of aryl methyl sites for hydroxylation is 2. The predicted molar refractivity (Wildman–Crippen MR) is 173 cm³/mol. The van der Waals surface area contributed by atoms with E-state index in [1.54, 1.807) is 29.0 Å². The number of benzene rings is 2. The first kappa shape index (κ1) is 29.7. The van der Waals surface area contributed by atoms with Gasteiger partial charge in [-0.2, -0.15) is 4.98 Å². The molecule has 0 spiro atoms. The van der Waals surface area contributed by atoms with E-state index in [0.717, 1.165) is 43.9 Å². The molecule has 2 aromatic carbocycles. The number of hydrogen-bond donors (Lipinski definition) is 1. The smallest absolute Gasteiger partial charge is 0.260 e. The topological polar surface area (TPSA) is 86.6 Å². The van der Waals surface area contributed by atoms with Crippen LogP contribution in [0.2, 0.25) is 0 Å². The number of halogens is 1. The van der Waals surface area contributed by atoms with Gasteiger partial charge in [0.1, 0.15) is 11.5 Å². The SMILES string of the molecule is CCC(=O)N1CCCC(n2c(=O)c(-c3ccccc3F)c(C)c3cnc(Nc4ccc(N5CCN(C)CC5)c(C)c4)nc32)C1. The summed E-state index contributed by atoms with van der Waals surface area (Å²) in [6.07, 6.45) is 3.59. The number of carbonyl (C=O) groups is 1. The quantitative estimate of drug-likeness (QED) is 0.324. The van der Waals surface area contributed by atoms with Gasteiger partial charge in [0.05, 0.1) is 11.6 Å². The van der Waals surface area contributed by atoms with Crippen molar-refractivity contribution < 1.29 is 9.18 Å². The summed E-state index contributed by atoms with van der Waals surface area (Å²) in [7, 11) is 2.15. The molecule has 1 atom stereocenters. The van der Waals surface area contributed by atoms with E-state index < -0.39 is 5.82 Å². The molecule has 1 unspecified atom stereocenters. The Morgan fingerprint density at radius 1 is 1.07 bits per heavy atom. The van der Waals surface area contributed by atoms with E-state index in [1.807, 2.05) is 24.8 Å². The number of pyridine rings is 1. The van der Waals surface area contributed by atoms with Crippen LogP contribution < -0.4 is 15.8 Å². The molecule has 10 heteroatoms. The van der Waals surface area contributed by atoms with Crippen LogP contribution in [-0.4, -0.2) is 76.6 Å². The van der Waals surface area contributed by atoms with E-state index >= 15 is 4.39 Å². The number of amides is 1. The van der Waals surface area contributed by atoms with Gasteiger partial charge in [-0.25, -0.2) is 9.37 Å². The molecule has 0 saturated carbocycles. The number of anilines is 3. The third-order valence-electron chi connectivity index (χ3n) is 9.07. The molecule has 2 aliphatic rings. The normalized spacial score (nSPS) is 17.7. The molecule has 2 fully saturated rings. The fourth-order valence-corrected chi connectivity index (χ4v) is 6.59. The third kappa shape index (κ3) is 5.66. The second-order valence-electron chi connectivity index (χ2n) is 12.0. The number of carbonyl (C=O) groups excluding carboxylic acids is 1. The average Bonchev–Trinajstić information content (AvgIpc) is 3.02. The fourth-order valence-electron chi connectivity index (χ4n) is 6.59. The van der Waals surface area contributed by atoms with E-state index in [0.29, 0.717) is 54.0 Å². The van der Waals surface area contributed by atoms with Gasteiger partial charge in [-0.1, -0.05) is 25.1 Å². The minimum atomic E-state index is -0.459. The lowest BCUT2D eigenvalue weighted by Gasteiger charge is -2.35. The molecule has 1 N–H and O–H groups in total. The number of likely N-dealkylation sites (N-methyl/N-ethyl adjacent to an activating group) is 1. The zero-order valence-electron chi connectivity index (χ0n) is 25.9. The number of aromatic nitrogens is 3. The first-order valence-corrected chi connectivity index (χ1v) is 15.5. The molecule has 0 radical (unpaired) electrons. The van der Waals surface area contributed by atoms with Gasteiger partial charge in [-0.3, -0.25) is 14.2 Å². The van der Waals surface area contributed by atoms with Crippen LogP contribution in [0.15, 0.2) is 53.5 Å². The highest BCUT2D eigenvalue weighted by Gasteiger charge is 2.29. The summed E-state index contributed by atoms with van der Waals surface area (Å²) in [4.78, 5) is 43.1. The second-order valence-corrected chi connectivity index (χ2v) is 12.0. The maximum Gasteiger partial charge on any atom is 0.260 e. The molecule has 4 heterocycles. The summed E-state index contributed by atoms with van der Waals surface area (Å²) in [5, 5.41) is 4.02. The summed E-state index contributed by atoms with van der Waals surface area (Å²) in [5.41, 5.74) is 4.57. The molecule has 2 aliphatic heterocycles. The van der Waals surface area contributed by atoms with Crippen molar-refractivity contribution in [1.82, 2.24) is 24.3 Å². The number of nitrogens with zero attached hydrogens (tertiary/aromatic N) is 6. The van der Waals surface area contributed by atoms with Crippen molar-refractivity contribution in [1.29, 1.82) is 0 Å². The molecule has 4 aromatic rings. The number of rotatable bonds is 6. The van der Waals surface area contributed by atoms with Crippen LogP contribution in [0, 0.1) is 19.7 Å². The Morgan fingerprint density at radius 3 is 2.57 bits per heavy atom. The van der Waals surface area contributed by atoms with Crippen molar-refractivity contribution in [3.05, 3.63) is 76.0 Å². The van der Waals surface area contributed by atoms with Crippen LogP contribution in [0.5, 0.6) is 0 Å². The van der Waals surface area contributed by atoms with Crippen LogP contribution in [-0.2, 0) is 4.79 Å². The summed E-state index contributed by atoms with van der Waals surface area (Å²) in [6, 6.07) is 12.3. The van der Waals surface area contributed by atoms with Crippen LogP contribution in [0.1, 0.15) is 43.4 Å². The van der Waals surface area contributed by atoms with E-state index in [1.165, 1.54) is 11.8 Å². The average molecular weight is 598 g/mol. The van der Waals surface area contributed by atoms with E-state index in [2.05, 4.69) is 46.2 Å². The van der Waals surface area contributed by atoms with Gasteiger partial charge in [0.2, 0.25) is 11.9 Å². The summed E-state index contributed by atoms with van der Waals surface area (Å²) >= 11 is 0. The number of hydrogen-bond acceptors (Lipinski definition) is 7. The third-order valence-corrected chi connectivity index (χ3v) is 9.07. The van der Waals surface area contributed by atoms with Crippen molar-refractivity contribution >= 4 is 34.3 Å². The minimum Gasteiger partial charge on any atom is -0.369 e. The van der Waals surface area contributed by atoms with E-state index in [9.17, 15) is 9.59 Å². The lowest BCUT2D eigenvalue weighted by atomic mass is 9.97. The van der Waals surface area contributed by atoms with Gasteiger partial charge in [0.25, 0.3) is 5.56 Å². The Hall–Kier alpha value is -4.31. The highest BCUT2D eigenvalue weighted by Crippen LogP contribution is 2.32. The standard InChI is InChI=1S/C34H40FN7O2/c1-5-30(43)41-14-8-9-25(21-41)42-32-27(23(3)31(33(42)44)26-10-6-7-11-28(26)35)20-36-34(38-32)37-24-12-13-29(22(2)19-24)40-17-15-39(4)16-18-40/h6-7,10-13,19-20,25H,5,8-9,14-18,21H2,1-4H3,(H,36,37,38). The van der Waals surface area contributed by atoms with Gasteiger partial charge in [-0.05, 0) is 69.1 Å². The molecule has 230 valence electrons. The van der Waals surface area contributed by atoms with Crippen molar-refractivity contribution in [2.75, 3.05) is 56.5 Å². The van der Waals surface area contributed by atoms with Crippen LogP contribution in [0.25, 0.3) is 22.2 Å². The minimum absolute atomic E-state index is 0.0564. The number of likely N-dealkylation sites (tertiary alicyclic amines) is 1. The maximum absolute atomic E-state index is 15.1. The first-order valence-electron chi connectivity index (χ1n) is 15.5. The molecule has 44 heavy (non-hydrogen) atoms. The van der Waals surface area contributed by atoms with Gasteiger partial charge in [-0.15, -0.1) is 0 Å². The second kappa shape index (κ2) is 12.4. The first-order chi connectivity index (χ1) is 21.2. The van der Waals surface area contributed by atoms with Crippen LogP contribution >= 0.6 is 0 Å². The van der Waals surface area contributed by atoms with E-state index in [-0.39, 0.29) is 23.1 Å². The predicted octanol–water partition coefficient (Wildman–Crippen LogP) is 5.28. The molecular weight excluding hydrogens is 557 g/mol. The summed E-state index contributed by atoms with van der Waals surface area (Å²) < 4.78 is 16.8. The van der Waals surface area contributed by atoms with Gasteiger partial charge in [0, 0.05) is 74.2 Å². The summed E-state index contributed by atoms with van der Waals surface area (Å²) in [5.74, 6) is -0.0340. The molecule has 9 nitrogen and oxygen atoms in total. The molecular formula is C34H40FN7O2. The Labute approximate surface area is 257 Å². The van der Waals surface area contributed by atoms with Crippen molar-refractivity contribution in [3.63, 3.8) is 0 Å². The fraction of sp³-hybridized carbons (Fsp3) is 0.412. The van der Waals surface area contributed by atoms with Crippen molar-refractivity contribution in [2.24, 2.45) is 0 Å². The van der Waals surface area contributed by atoms with Gasteiger partial charge < -0.3 is 20.0 Å². The number of piperazine rings is 1. The zero-order chi connectivity index (χ0) is 31.0. The largest absolute Gasteiger partial charge is 0.369 e. The Balaban J connectivity index is 1.42. The maximum atomic E-state index is 15.1. The lowest BCUT2D eigenvalue weighted by molar-refractivity contribution is -0.132. The van der Waals surface area contributed by atoms with Crippen LogP contribution in [0.4, 0.5) is 21.7 Å². The number of piperidine rings is 1. The van der Waals surface area contributed by atoms with Crippen molar-refractivity contribution in [3.8, 4) is 11.1 Å². The monoisotopic (exact) mass is 597 g/mol. The lowest BCUT2D eigenvalue weighted by Crippen LogP contribution is -2.44. The van der Waals surface area contributed by atoms with Crippen LogP contribution in [0.3, 0.4) is 0 Å². The van der Waals surface area contributed by atoms with Gasteiger partial charge >= 0.3 is 0 Å². The molecule has 2 aromatic heterocycles. The zero-order valence-corrected chi connectivity index (χ0v) is 25.9. The molecule has 0 aliphatic carbocycles. The number of fused-ring (bicyclic) bond motifs is 1. The summed E-state index contributed by atoms with van der Waals surface area (Å²) in [6.45, 7) is 10.9. The number of nitrogens with one attached hydrogen (secondary N) is 1. The highest BCUT2D eigenvalue weighted by molar-refractivity contribution is 5.87. The van der Waals surface area contributed by atoms with Gasteiger partial charge in [0.15, 0.2) is 0 Å². The Bertz CT molecular complexity index is 1760. The van der Waals surface area contributed by atoms with Crippen molar-refractivity contribution in [2.45, 2.75) is 46.1 Å². The molecule has 6 rings (SSSR count). The Morgan fingerprint density at radius 2 is 1.84 bits per heavy atom. The highest BCUT2D eigenvalue weighted by atomic mass is 19.1. The molecule has 1 amide bonds. The molecule has 0 bridgehead atoms. The molecule has 2 saturated heterocycles. The van der Waals surface area contributed by atoms with E-state index in [4.69, 9.17) is 4.98 Å². The Kier molecular flexibility index (Phi) is 8.35.